The van der Waals surface area contributed by atoms with E-state index in [0.717, 1.165) is 18.3 Å². The molecule has 0 atom stereocenters. The van der Waals surface area contributed by atoms with E-state index in [1.54, 1.807) is 0 Å². The smallest absolute Gasteiger partial charge is 0.343 e. The van der Waals surface area contributed by atoms with Gasteiger partial charge < -0.3 is 15.2 Å². The van der Waals surface area contributed by atoms with E-state index in [0.29, 0.717) is 6.07 Å². The Bertz CT molecular complexity index is 944. The molecule has 0 fully saturated rings. The molecule has 0 saturated heterocycles. The second kappa shape index (κ2) is 9.14. The van der Waals surface area contributed by atoms with Crippen molar-refractivity contribution in [2.45, 2.75) is 13.5 Å². The van der Waals surface area contributed by atoms with E-state index < -0.39 is 52.8 Å². The number of ether oxygens (including phenoxy) is 1. The molecule has 0 unspecified atom stereocenters. The Labute approximate surface area is 157 Å². The summed E-state index contributed by atoms with van der Waals surface area (Å²) in [5.41, 5.74) is -1.31. The minimum absolute atomic E-state index is 0.109. The Morgan fingerprint density at radius 3 is 2.39 bits per heavy atom. The number of carbonyl (C=O) groups excluding carboxylic acids is 2. The Morgan fingerprint density at radius 1 is 1.07 bits per heavy atom. The largest absolute Gasteiger partial charge is 0.462 e. The highest BCUT2D eigenvalue weighted by atomic mass is 19.2. The van der Waals surface area contributed by atoms with Crippen molar-refractivity contribution < 1.29 is 37.0 Å². The van der Waals surface area contributed by atoms with Crippen LogP contribution in [0, 0.1) is 23.3 Å². The van der Waals surface area contributed by atoms with Gasteiger partial charge in [0.05, 0.1) is 18.8 Å². The number of aliphatic hydroxyl groups is 1. The number of hydrogen-bond donors (Lipinski definition) is 2. The second-order valence-corrected chi connectivity index (χ2v) is 5.46. The number of ketones is 1. The predicted octanol–water partition coefficient (Wildman–Crippen LogP) is 3.48. The van der Waals surface area contributed by atoms with E-state index in [-0.39, 0.29) is 23.9 Å². The van der Waals surface area contributed by atoms with Crippen LogP contribution in [0.5, 0.6) is 0 Å². The number of rotatable bonds is 7. The lowest BCUT2D eigenvalue weighted by Crippen LogP contribution is -2.19. The number of nitrogens with one attached hydrogen (secondary N) is 1. The molecule has 2 aromatic rings. The average molecular weight is 397 g/mol. The molecule has 0 saturated carbocycles. The number of esters is 1. The van der Waals surface area contributed by atoms with Crippen molar-refractivity contribution in [3.8, 4) is 0 Å². The van der Waals surface area contributed by atoms with Crippen molar-refractivity contribution in [1.29, 1.82) is 0 Å². The summed E-state index contributed by atoms with van der Waals surface area (Å²) in [6, 6.07) is 3.84. The first-order valence-electron chi connectivity index (χ1n) is 8.00. The lowest BCUT2D eigenvalue weighted by Gasteiger charge is -2.11. The van der Waals surface area contributed by atoms with Crippen molar-refractivity contribution in [3.63, 3.8) is 0 Å². The Morgan fingerprint density at radius 2 is 1.75 bits per heavy atom. The lowest BCUT2D eigenvalue weighted by molar-refractivity contribution is -0.138. The molecule has 0 bridgehead atoms. The summed E-state index contributed by atoms with van der Waals surface area (Å²) < 4.78 is 58.4. The molecule has 0 aliphatic carbocycles. The van der Waals surface area contributed by atoms with Gasteiger partial charge in [-0.25, -0.2) is 22.4 Å². The molecule has 0 heterocycles. The predicted molar refractivity (Wildman–Crippen MR) is 91.3 cm³/mol. The summed E-state index contributed by atoms with van der Waals surface area (Å²) in [4.78, 5) is 24.6. The SMILES string of the molecule is CCOC(=O)C(=CNc1ccc(F)cc1CO)C(=O)c1cc(F)c(F)cc1F. The Kier molecular flexibility index (Phi) is 6.89. The Balaban J connectivity index is 2.45. The number of aliphatic hydroxyl groups excluding tert-OH is 1. The monoisotopic (exact) mass is 397 g/mol. The third-order valence-electron chi connectivity index (χ3n) is 3.60. The van der Waals surface area contributed by atoms with Gasteiger partial charge in [-0.3, -0.25) is 4.79 Å². The number of anilines is 1. The van der Waals surface area contributed by atoms with Crippen LogP contribution in [-0.4, -0.2) is 23.5 Å². The van der Waals surface area contributed by atoms with Crippen LogP contribution in [0.4, 0.5) is 23.2 Å². The number of benzene rings is 2. The molecular weight excluding hydrogens is 382 g/mol. The van der Waals surface area contributed by atoms with Crippen molar-refractivity contribution in [2.75, 3.05) is 11.9 Å². The van der Waals surface area contributed by atoms with E-state index >= 15 is 0 Å². The Hall–Kier alpha value is -3.20. The highest BCUT2D eigenvalue weighted by Gasteiger charge is 2.25. The molecule has 0 amide bonds. The van der Waals surface area contributed by atoms with Gasteiger partial charge in [0.1, 0.15) is 17.2 Å². The van der Waals surface area contributed by atoms with E-state index in [9.17, 15) is 32.3 Å². The van der Waals surface area contributed by atoms with Crippen LogP contribution in [0.1, 0.15) is 22.8 Å². The maximum Gasteiger partial charge on any atom is 0.343 e. The minimum atomic E-state index is -1.49. The first-order valence-corrected chi connectivity index (χ1v) is 8.00. The van der Waals surface area contributed by atoms with Crippen LogP contribution < -0.4 is 5.32 Å². The summed E-state index contributed by atoms with van der Waals surface area (Å²) in [5.74, 6) is -7.34. The molecule has 5 nitrogen and oxygen atoms in total. The fourth-order valence-electron chi connectivity index (χ4n) is 2.25. The zero-order valence-corrected chi connectivity index (χ0v) is 14.6. The molecule has 0 aromatic heterocycles. The van der Waals surface area contributed by atoms with Crippen molar-refractivity contribution in [3.05, 3.63) is 76.5 Å². The number of carbonyl (C=O) groups is 2. The first kappa shape index (κ1) is 21.1. The summed E-state index contributed by atoms with van der Waals surface area (Å²) in [5, 5.41) is 11.8. The number of hydrogen-bond acceptors (Lipinski definition) is 5. The van der Waals surface area contributed by atoms with Gasteiger partial charge in [-0.15, -0.1) is 0 Å². The third-order valence-corrected chi connectivity index (χ3v) is 3.60. The molecule has 0 aliphatic heterocycles. The van der Waals surface area contributed by atoms with Gasteiger partial charge in [-0.2, -0.15) is 0 Å². The molecular formula is C19H15F4NO4. The van der Waals surface area contributed by atoms with Gasteiger partial charge in [0.15, 0.2) is 11.6 Å². The number of halogens is 4. The molecule has 0 aliphatic rings. The fourth-order valence-corrected chi connectivity index (χ4v) is 2.25. The van der Waals surface area contributed by atoms with Crippen LogP contribution in [0.25, 0.3) is 0 Å². The zero-order valence-electron chi connectivity index (χ0n) is 14.6. The van der Waals surface area contributed by atoms with E-state index in [1.165, 1.54) is 13.0 Å². The summed E-state index contributed by atoms with van der Waals surface area (Å²) in [7, 11) is 0. The third kappa shape index (κ3) is 4.74. The average Bonchev–Trinajstić information content (AvgIpc) is 2.65. The number of Topliss-reactive ketones (excluding diaryl/α,β-unsaturated/α-hetero) is 1. The summed E-state index contributed by atoms with van der Waals surface area (Å²) in [6.07, 6.45) is 0.855. The van der Waals surface area contributed by atoms with E-state index in [4.69, 9.17) is 4.74 Å². The van der Waals surface area contributed by atoms with Crippen LogP contribution in [0.3, 0.4) is 0 Å². The molecule has 2 N–H and O–H groups in total. The normalized spacial score (nSPS) is 11.3. The molecule has 9 heteroatoms. The van der Waals surface area contributed by atoms with Gasteiger partial charge in [-0.05, 0) is 31.2 Å². The van der Waals surface area contributed by atoms with Gasteiger partial charge in [-0.1, -0.05) is 0 Å². The van der Waals surface area contributed by atoms with Crippen molar-refractivity contribution in [2.24, 2.45) is 0 Å². The van der Waals surface area contributed by atoms with Gasteiger partial charge >= 0.3 is 5.97 Å². The lowest BCUT2D eigenvalue weighted by atomic mass is 10.0. The standard InChI is InChI=1S/C19H15F4NO4/c1-2-28-19(27)13(8-24-17-4-3-11(20)5-10(17)9-25)18(26)12-6-15(22)16(23)7-14(12)21/h3-8,24-25H,2,9H2,1H3. The van der Waals surface area contributed by atoms with E-state index in [2.05, 4.69) is 5.32 Å². The second-order valence-electron chi connectivity index (χ2n) is 5.46. The molecule has 2 aromatic carbocycles. The summed E-state index contributed by atoms with van der Waals surface area (Å²) >= 11 is 0. The zero-order chi connectivity index (χ0) is 20.8. The maximum atomic E-state index is 13.9. The quantitative estimate of drug-likeness (QED) is 0.142. The van der Waals surface area contributed by atoms with Crippen LogP contribution in [0.2, 0.25) is 0 Å². The highest BCUT2D eigenvalue weighted by Crippen LogP contribution is 2.20. The molecule has 0 spiro atoms. The van der Waals surface area contributed by atoms with Gasteiger partial charge in [0.2, 0.25) is 5.78 Å². The van der Waals surface area contributed by atoms with Crippen LogP contribution in [-0.2, 0) is 16.1 Å². The van der Waals surface area contributed by atoms with Crippen molar-refractivity contribution >= 4 is 17.4 Å². The topological polar surface area (TPSA) is 75.6 Å². The summed E-state index contributed by atoms with van der Waals surface area (Å²) in [6.45, 7) is 0.811. The van der Waals surface area contributed by atoms with Crippen LogP contribution >= 0.6 is 0 Å². The highest BCUT2D eigenvalue weighted by molar-refractivity contribution is 6.24. The van der Waals surface area contributed by atoms with Crippen molar-refractivity contribution in [1.82, 2.24) is 0 Å². The minimum Gasteiger partial charge on any atom is -0.462 e. The maximum absolute atomic E-state index is 13.9. The molecule has 2 rings (SSSR count). The van der Waals surface area contributed by atoms with Crippen LogP contribution in [0.15, 0.2) is 42.1 Å². The molecule has 28 heavy (non-hydrogen) atoms. The molecule has 0 radical (unpaired) electrons. The van der Waals surface area contributed by atoms with Gasteiger partial charge in [0.25, 0.3) is 0 Å². The fraction of sp³-hybridized carbons (Fsp3) is 0.158. The van der Waals surface area contributed by atoms with E-state index in [1.807, 2.05) is 0 Å². The first-order chi connectivity index (χ1) is 13.3. The molecule has 148 valence electrons. The van der Waals surface area contributed by atoms with Gasteiger partial charge in [0, 0.05) is 23.5 Å².